The third-order valence-electron chi connectivity index (χ3n) is 4.90. The third kappa shape index (κ3) is 6.02. The van der Waals surface area contributed by atoms with Crippen LogP contribution in [-0.2, 0) is 35.8 Å². The van der Waals surface area contributed by atoms with Crippen molar-refractivity contribution in [3.63, 3.8) is 0 Å². The Morgan fingerprint density at radius 3 is 1.88 bits per heavy atom. The van der Waals surface area contributed by atoms with Gasteiger partial charge in [0.2, 0.25) is 0 Å². The van der Waals surface area contributed by atoms with Gasteiger partial charge in [-0.2, -0.15) is 0 Å². The lowest BCUT2D eigenvalue weighted by molar-refractivity contribution is -0.129. The van der Waals surface area contributed by atoms with Gasteiger partial charge in [-0.05, 0) is 28.8 Å². The average molecular weight is 432 g/mol. The standard InChI is InChI=1S/C25H24N2O5/c28-15-20-8-1-3-10-22(20)24(30)26-13-18-6-5-7-19(12-18)14-27-25(31)23-11-4-2-9-21(23)16-32-17-29/h1-12,17,28H,13-16H2,(H,26,30)(H,27,31). The van der Waals surface area contributed by atoms with E-state index in [1.54, 1.807) is 48.5 Å². The fourth-order valence-corrected chi connectivity index (χ4v) is 3.28. The van der Waals surface area contributed by atoms with Crippen LogP contribution in [0.1, 0.15) is 43.0 Å². The van der Waals surface area contributed by atoms with Gasteiger partial charge in [-0.1, -0.05) is 60.7 Å². The molecule has 164 valence electrons. The number of aliphatic hydroxyl groups excluding tert-OH is 1. The summed E-state index contributed by atoms with van der Waals surface area (Å²) in [6.45, 7) is 0.787. The van der Waals surface area contributed by atoms with E-state index in [0.717, 1.165) is 11.1 Å². The van der Waals surface area contributed by atoms with Gasteiger partial charge in [0.25, 0.3) is 18.3 Å². The molecule has 0 aliphatic rings. The van der Waals surface area contributed by atoms with Crippen LogP contribution in [0, 0.1) is 0 Å². The van der Waals surface area contributed by atoms with Crippen LogP contribution in [0.3, 0.4) is 0 Å². The molecule has 3 aromatic carbocycles. The van der Waals surface area contributed by atoms with Crippen molar-refractivity contribution in [2.75, 3.05) is 0 Å². The second kappa shape index (κ2) is 11.4. The Balaban J connectivity index is 1.59. The van der Waals surface area contributed by atoms with E-state index in [1.807, 2.05) is 24.3 Å². The maximum atomic E-state index is 12.6. The molecule has 7 nitrogen and oxygen atoms in total. The molecule has 0 aliphatic carbocycles. The van der Waals surface area contributed by atoms with E-state index >= 15 is 0 Å². The molecule has 0 saturated heterocycles. The van der Waals surface area contributed by atoms with Crippen molar-refractivity contribution in [3.05, 3.63) is 106 Å². The van der Waals surface area contributed by atoms with Crippen molar-refractivity contribution in [1.82, 2.24) is 10.6 Å². The van der Waals surface area contributed by atoms with Crippen molar-refractivity contribution in [2.45, 2.75) is 26.3 Å². The molecule has 0 atom stereocenters. The monoisotopic (exact) mass is 432 g/mol. The number of amides is 2. The molecule has 7 heteroatoms. The van der Waals surface area contributed by atoms with Crippen molar-refractivity contribution in [2.24, 2.45) is 0 Å². The molecule has 3 aromatic rings. The number of nitrogens with one attached hydrogen (secondary N) is 2. The van der Waals surface area contributed by atoms with E-state index < -0.39 is 0 Å². The number of aliphatic hydroxyl groups is 1. The minimum absolute atomic E-state index is 0.0295. The number of carbonyl (C=O) groups is 3. The predicted molar refractivity (Wildman–Crippen MR) is 118 cm³/mol. The topological polar surface area (TPSA) is 105 Å². The van der Waals surface area contributed by atoms with Gasteiger partial charge >= 0.3 is 0 Å². The first-order valence-electron chi connectivity index (χ1n) is 10.1. The minimum Gasteiger partial charge on any atom is -0.463 e. The van der Waals surface area contributed by atoms with E-state index in [9.17, 15) is 19.5 Å². The Labute approximate surface area is 186 Å². The van der Waals surface area contributed by atoms with Gasteiger partial charge in [-0.3, -0.25) is 14.4 Å². The first kappa shape index (κ1) is 22.7. The zero-order valence-electron chi connectivity index (χ0n) is 17.4. The summed E-state index contributed by atoms with van der Waals surface area (Å²) in [6.07, 6.45) is 0. The first-order valence-corrected chi connectivity index (χ1v) is 10.1. The van der Waals surface area contributed by atoms with Gasteiger partial charge < -0.3 is 20.5 Å². The Kier molecular flexibility index (Phi) is 8.11. The molecule has 0 bridgehead atoms. The number of benzene rings is 3. The molecule has 0 radical (unpaired) electrons. The molecule has 0 unspecified atom stereocenters. The smallest absolute Gasteiger partial charge is 0.293 e. The Hall–Kier alpha value is -3.97. The molecule has 32 heavy (non-hydrogen) atoms. The number of hydrogen-bond donors (Lipinski definition) is 3. The highest BCUT2D eigenvalue weighted by Crippen LogP contribution is 2.12. The predicted octanol–water partition coefficient (Wildman–Crippen LogP) is 2.71. The number of rotatable bonds is 10. The highest BCUT2D eigenvalue weighted by Gasteiger charge is 2.12. The van der Waals surface area contributed by atoms with Crippen LogP contribution in [0.5, 0.6) is 0 Å². The van der Waals surface area contributed by atoms with Crippen molar-refractivity contribution in [3.8, 4) is 0 Å². The molecular weight excluding hydrogens is 408 g/mol. The number of hydrogen-bond acceptors (Lipinski definition) is 5. The maximum absolute atomic E-state index is 12.6. The largest absolute Gasteiger partial charge is 0.463 e. The van der Waals surface area contributed by atoms with Crippen LogP contribution < -0.4 is 10.6 Å². The number of ether oxygens (including phenoxy) is 1. The summed E-state index contributed by atoms with van der Waals surface area (Å²) in [6, 6.07) is 21.4. The lowest BCUT2D eigenvalue weighted by atomic mass is 10.1. The van der Waals surface area contributed by atoms with Crippen molar-refractivity contribution in [1.29, 1.82) is 0 Å². The molecule has 0 saturated carbocycles. The summed E-state index contributed by atoms with van der Waals surface area (Å²) in [5.41, 5.74) is 3.84. The quantitative estimate of drug-likeness (QED) is 0.427. The second-order valence-corrected chi connectivity index (χ2v) is 7.06. The van der Waals surface area contributed by atoms with Crippen LogP contribution in [0.2, 0.25) is 0 Å². The van der Waals surface area contributed by atoms with Gasteiger partial charge in [0, 0.05) is 29.8 Å². The van der Waals surface area contributed by atoms with Crippen LogP contribution in [0.4, 0.5) is 0 Å². The number of carbonyl (C=O) groups excluding carboxylic acids is 3. The molecule has 0 fully saturated rings. The average Bonchev–Trinajstić information content (AvgIpc) is 2.85. The van der Waals surface area contributed by atoms with E-state index in [2.05, 4.69) is 10.6 Å². The molecule has 3 N–H and O–H groups in total. The molecule has 0 aromatic heterocycles. The van der Waals surface area contributed by atoms with Gasteiger partial charge in [-0.25, -0.2) is 0 Å². The molecule has 0 spiro atoms. The normalized spacial score (nSPS) is 10.3. The maximum Gasteiger partial charge on any atom is 0.293 e. The van der Waals surface area contributed by atoms with Gasteiger partial charge in [0.1, 0.15) is 6.61 Å². The minimum atomic E-state index is -0.269. The summed E-state index contributed by atoms with van der Waals surface area (Å²) in [5.74, 6) is -0.531. The molecule has 2 amide bonds. The summed E-state index contributed by atoms with van der Waals surface area (Å²) in [5, 5.41) is 15.1. The van der Waals surface area contributed by atoms with E-state index in [4.69, 9.17) is 4.74 Å². The highest BCUT2D eigenvalue weighted by molar-refractivity contribution is 5.96. The summed E-state index contributed by atoms with van der Waals surface area (Å²) in [7, 11) is 0. The lowest BCUT2D eigenvalue weighted by Gasteiger charge is -2.11. The zero-order valence-corrected chi connectivity index (χ0v) is 17.4. The Morgan fingerprint density at radius 2 is 1.31 bits per heavy atom. The highest BCUT2D eigenvalue weighted by atomic mass is 16.5. The zero-order chi connectivity index (χ0) is 22.8. The molecule has 0 aliphatic heterocycles. The van der Waals surface area contributed by atoms with E-state index in [-0.39, 0.29) is 25.0 Å². The second-order valence-electron chi connectivity index (χ2n) is 7.06. The summed E-state index contributed by atoms with van der Waals surface area (Å²) < 4.78 is 4.77. The Morgan fingerprint density at radius 1 is 0.781 bits per heavy atom. The molecule has 0 heterocycles. The van der Waals surface area contributed by atoms with E-state index in [1.165, 1.54) is 0 Å². The SMILES string of the molecule is O=COCc1ccccc1C(=O)NCc1cccc(CNC(=O)c2ccccc2CO)c1. The van der Waals surface area contributed by atoms with Crippen LogP contribution in [-0.4, -0.2) is 23.4 Å². The van der Waals surface area contributed by atoms with E-state index in [0.29, 0.717) is 41.8 Å². The van der Waals surface area contributed by atoms with Crippen LogP contribution in [0.15, 0.2) is 72.8 Å². The molecule has 3 rings (SSSR count). The first-order chi connectivity index (χ1) is 15.6. The fourth-order valence-electron chi connectivity index (χ4n) is 3.28. The van der Waals surface area contributed by atoms with Crippen LogP contribution in [0.25, 0.3) is 0 Å². The lowest BCUT2D eigenvalue weighted by Crippen LogP contribution is -2.25. The van der Waals surface area contributed by atoms with Crippen LogP contribution >= 0.6 is 0 Å². The summed E-state index contributed by atoms with van der Waals surface area (Å²) >= 11 is 0. The third-order valence-corrected chi connectivity index (χ3v) is 4.90. The van der Waals surface area contributed by atoms with Gasteiger partial charge in [0.15, 0.2) is 0 Å². The Bertz CT molecular complexity index is 1100. The molecular formula is C25H24N2O5. The fraction of sp³-hybridized carbons (Fsp3) is 0.160. The van der Waals surface area contributed by atoms with Gasteiger partial charge in [-0.15, -0.1) is 0 Å². The van der Waals surface area contributed by atoms with Crippen molar-refractivity contribution < 1.29 is 24.2 Å². The summed E-state index contributed by atoms with van der Waals surface area (Å²) in [4.78, 5) is 35.5. The van der Waals surface area contributed by atoms with Gasteiger partial charge in [0.05, 0.1) is 6.61 Å². The van der Waals surface area contributed by atoms with Crippen molar-refractivity contribution >= 4 is 18.3 Å².